The fourth-order valence-electron chi connectivity index (χ4n) is 5.21. The highest BCUT2D eigenvalue weighted by Crippen LogP contribution is 2.39. The predicted molar refractivity (Wildman–Crippen MR) is 166 cm³/mol. The second-order valence-electron chi connectivity index (χ2n) is 11.0. The third-order valence-corrected chi connectivity index (χ3v) is 7.39. The number of amides is 1. The van der Waals surface area contributed by atoms with E-state index in [9.17, 15) is 9.18 Å². The van der Waals surface area contributed by atoms with E-state index in [4.69, 9.17) is 9.47 Å². The minimum Gasteiger partial charge on any atom is -0.493 e. The third kappa shape index (κ3) is 7.00. The molecular weight excluding hydrogens is 527 g/mol. The summed E-state index contributed by atoms with van der Waals surface area (Å²) in [6.07, 6.45) is 2.41. The van der Waals surface area contributed by atoms with E-state index in [-0.39, 0.29) is 24.1 Å². The number of ether oxygens (including phenoxy) is 2. The third-order valence-electron chi connectivity index (χ3n) is 7.39. The maximum absolute atomic E-state index is 13.6. The summed E-state index contributed by atoms with van der Waals surface area (Å²) in [5, 5.41) is 4.17. The van der Waals surface area contributed by atoms with E-state index in [1.807, 2.05) is 60.7 Å². The van der Waals surface area contributed by atoms with E-state index in [1.165, 1.54) is 12.1 Å². The zero-order valence-electron chi connectivity index (χ0n) is 24.3. The molecule has 5 rings (SSSR count). The molecule has 1 heterocycles. The minimum absolute atomic E-state index is 0.00700. The first-order valence-corrected chi connectivity index (χ1v) is 14.3. The van der Waals surface area contributed by atoms with Crippen molar-refractivity contribution in [2.24, 2.45) is 5.92 Å². The van der Waals surface area contributed by atoms with Gasteiger partial charge < -0.3 is 19.4 Å². The Bertz CT molecular complexity index is 1630. The minimum atomic E-state index is -0.255. The standard InChI is InChI=1S/C36H37FN2O3/c1-25(2)21-38-36(40)20-31(28-15-18-34(35(19-28)41-3)42-24-27-9-5-4-6-10-27)32-23-39(33-12-8-7-11-30(32)33)22-26-13-16-29(37)17-14-26/h4-19,23,25,31H,20-22,24H2,1-3H3,(H,38,40)/t31-/m1/s1. The van der Waals surface area contributed by atoms with Crippen molar-refractivity contribution >= 4 is 16.8 Å². The number of hydrogen-bond donors (Lipinski definition) is 1. The average molecular weight is 565 g/mol. The monoisotopic (exact) mass is 564 g/mol. The van der Waals surface area contributed by atoms with Gasteiger partial charge in [0.15, 0.2) is 11.5 Å². The summed E-state index contributed by atoms with van der Waals surface area (Å²) < 4.78 is 27.6. The van der Waals surface area contributed by atoms with E-state index in [2.05, 4.69) is 42.1 Å². The molecule has 1 atom stereocenters. The molecule has 0 saturated carbocycles. The Morgan fingerprint density at radius 3 is 2.36 bits per heavy atom. The van der Waals surface area contributed by atoms with Gasteiger partial charge >= 0.3 is 0 Å². The number of halogens is 1. The molecule has 5 nitrogen and oxygen atoms in total. The van der Waals surface area contributed by atoms with Crippen molar-refractivity contribution < 1.29 is 18.7 Å². The van der Waals surface area contributed by atoms with Crippen molar-refractivity contribution in [2.75, 3.05) is 13.7 Å². The van der Waals surface area contributed by atoms with Gasteiger partial charge in [-0.3, -0.25) is 4.79 Å². The Balaban J connectivity index is 1.52. The summed E-state index contributed by atoms with van der Waals surface area (Å²) in [5.74, 6) is 1.12. The molecule has 0 aliphatic rings. The fraction of sp³-hybridized carbons (Fsp3) is 0.250. The number of carbonyl (C=O) groups excluding carboxylic acids is 1. The zero-order chi connectivity index (χ0) is 29.5. The van der Waals surface area contributed by atoms with E-state index < -0.39 is 0 Å². The van der Waals surface area contributed by atoms with Gasteiger partial charge in [0.05, 0.1) is 7.11 Å². The first-order valence-electron chi connectivity index (χ1n) is 14.3. The van der Waals surface area contributed by atoms with Crippen molar-refractivity contribution in [3.63, 3.8) is 0 Å². The van der Waals surface area contributed by atoms with Crippen LogP contribution in [0.5, 0.6) is 11.5 Å². The zero-order valence-corrected chi connectivity index (χ0v) is 24.3. The van der Waals surface area contributed by atoms with Crippen LogP contribution in [0.15, 0.2) is 103 Å². The summed E-state index contributed by atoms with van der Waals surface area (Å²) >= 11 is 0. The van der Waals surface area contributed by atoms with Crippen LogP contribution in [0.2, 0.25) is 0 Å². The van der Waals surface area contributed by atoms with Crippen LogP contribution in [0.4, 0.5) is 4.39 Å². The summed E-state index contributed by atoms with van der Waals surface area (Å²) in [7, 11) is 1.63. The molecule has 0 saturated heterocycles. The predicted octanol–water partition coefficient (Wildman–Crippen LogP) is 7.71. The molecular formula is C36H37FN2O3. The number of methoxy groups -OCH3 is 1. The van der Waals surface area contributed by atoms with Gasteiger partial charge in [-0.15, -0.1) is 0 Å². The maximum Gasteiger partial charge on any atom is 0.220 e. The van der Waals surface area contributed by atoms with E-state index in [0.29, 0.717) is 37.1 Å². The van der Waals surface area contributed by atoms with Crippen LogP contribution in [0, 0.1) is 11.7 Å². The number of aromatic nitrogens is 1. The largest absolute Gasteiger partial charge is 0.493 e. The lowest BCUT2D eigenvalue weighted by Crippen LogP contribution is -2.28. The number of carbonyl (C=O) groups is 1. The number of benzene rings is 4. The molecule has 0 bridgehead atoms. The molecule has 216 valence electrons. The molecule has 1 N–H and O–H groups in total. The van der Waals surface area contributed by atoms with Crippen LogP contribution in [0.25, 0.3) is 10.9 Å². The SMILES string of the molecule is COc1cc([C@@H](CC(=O)NCC(C)C)c2cn(Cc3ccc(F)cc3)c3ccccc23)ccc1OCc1ccccc1. The lowest BCUT2D eigenvalue weighted by molar-refractivity contribution is -0.121. The van der Waals surface area contributed by atoms with Crippen molar-refractivity contribution in [2.45, 2.75) is 39.3 Å². The van der Waals surface area contributed by atoms with Gasteiger partial charge in [-0.05, 0) is 58.5 Å². The van der Waals surface area contributed by atoms with E-state index in [0.717, 1.165) is 33.2 Å². The highest BCUT2D eigenvalue weighted by Gasteiger charge is 2.24. The first-order chi connectivity index (χ1) is 20.4. The Kier molecular flexibility index (Phi) is 9.22. The molecule has 1 amide bonds. The summed E-state index contributed by atoms with van der Waals surface area (Å²) in [4.78, 5) is 13.2. The lowest BCUT2D eigenvalue weighted by Gasteiger charge is -2.20. The van der Waals surface area contributed by atoms with Gasteiger partial charge in [0.25, 0.3) is 0 Å². The van der Waals surface area contributed by atoms with Crippen LogP contribution < -0.4 is 14.8 Å². The van der Waals surface area contributed by atoms with Gasteiger partial charge in [-0.25, -0.2) is 4.39 Å². The van der Waals surface area contributed by atoms with Gasteiger partial charge in [0, 0.05) is 42.5 Å². The molecule has 0 fully saturated rings. The number of fused-ring (bicyclic) bond motifs is 1. The Morgan fingerprint density at radius 2 is 1.62 bits per heavy atom. The molecule has 42 heavy (non-hydrogen) atoms. The lowest BCUT2D eigenvalue weighted by atomic mass is 9.87. The second-order valence-corrected chi connectivity index (χ2v) is 11.0. The van der Waals surface area contributed by atoms with Crippen LogP contribution in [-0.2, 0) is 17.9 Å². The highest BCUT2D eigenvalue weighted by atomic mass is 19.1. The number of para-hydroxylation sites is 1. The molecule has 0 aliphatic heterocycles. The van der Waals surface area contributed by atoms with Gasteiger partial charge in [-0.2, -0.15) is 0 Å². The summed E-state index contributed by atoms with van der Waals surface area (Å²) in [6, 6.07) is 30.7. The van der Waals surface area contributed by atoms with Crippen molar-refractivity contribution in [1.29, 1.82) is 0 Å². The number of nitrogens with zero attached hydrogens (tertiary/aromatic N) is 1. The molecule has 0 radical (unpaired) electrons. The first kappa shape index (κ1) is 28.9. The van der Waals surface area contributed by atoms with Crippen molar-refractivity contribution in [3.05, 3.63) is 131 Å². The Morgan fingerprint density at radius 1 is 0.881 bits per heavy atom. The Hall–Kier alpha value is -4.58. The van der Waals surface area contributed by atoms with Crippen molar-refractivity contribution in [3.8, 4) is 11.5 Å². The molecule has 5 aromatic rings. The van der Waals surface area contributed by atoms with Gasteiger partial charge in [0.1, 0.15) is 12.4 Å². The molecule has 6 heteroatoms. The Labute approximate surface area is 246 Å². The summed E-state index contributed by atoms with van der Waals surface area (Å²) in [5.41, 5.74) is 5.13. The quantitative estimate of drug-likeness (QED) is 0.169. The molecule has 1 aromatic heterocycles. The van der Waals surface area contributed by atoms with E-state index in [1.54, 1.807) is 19.2 Å². The number of hydrogen-bond acceptors (Lipinski definition) is 3. The smallest absolute Gasteiger partial charge is 0.220 e. The van der Waals surface area contributed by atoms with E-state index >= 15 is 0 Å². The average Bonchev–Trinajstić information content (AvgIpc) is 3.37. The maximum atomic E-state index is 13.6. The number of nitrogens with one attached hydrogen (secondary N) is 1. The number of rotatable bonds is 12. The van der Waals surface area contributed by atoms with Gasteiger partial charge in [0.2, 0.25) is 5.91 Å². The second kappa shape index (κ2) is 13.4. The van der Waals surface area contributed by atoms with Crippen LogP contribution in [0.1, 0.15) is 48.4 Å². The van der Waals surface area contributed by atoms with Gasteiger partial charge in [-0.1, -0.05) is 80.6 Å². The molecule has 0 aliphatic carbocycles. The fourth-order valence-corrected chi connectivity index (χ4v) is 5.21. The molecule has 0 unspecified atom stereocenters. The normalized spacial score (nSPS) is 11.9. The topological polar surface area (TPSA) is 52.5 Å². The molecule has 0 spiro atoms. The van der Waals surface area contributed by atoms with Crippen molar-refractivity contribution in [1.82, 2.24) is 9.88 Å². The van der Waals surface area contributed by atoms with Crippen LogP contribution in [-0.4, -0.2) is 24.1 Å². The summed E-state index contributed by atoms with van der Waals surface area (Å²) in [6.45, 7) is 5.80. The highest BCUT2D eigenvalue weighted by molar-refractivity contribution is 5.87. The van der Waals surface area contributed by atoms with Crippen LogP contribution >= 0.6 is 0 Å². The van der Waals surface area contributed by atoms with Crippen LogP contribution in [0.3, 0.4) is 0 Å². The molecule has 4 aromatic carbocycles.